The number of anilines is 2. The van der Waals surface area contributed by atoms with Gasteiger partial charge in [-0.3, -0.25) is 0 Å². The van der Waals surface area contributed by atoms with Gasteiger partial charge in [-0.2, -0.15) is 5.10 Å². The van der Waals surface area contributed by atoms with Crippen molar-refractivity contribution >= 4 is 11.8 Å². The lowest BCUT2D eigenvalue weighted by Crippen LogP contribution is -2.47. The topological polar surface area (TPSA) is 75.9 Å². The van der Waals surface area contributed by atoms with Crippen LogP contribution < -0.4 is 9.80 Å². The summed E-state index contributed by atoms with van der Waals surface area (Å²) < 4.78 is 14.9. The molecule has 0 aromatic carbocycles. The van der Waals surface area contributed by atoms with Crippen LogP contribution in [-0.4, -0.2) is 55.9 Å². The van der Waals surface area contributed by atoms with E-state index < -0.39 is 5.82 Å². The number of piperazine rings is 1. The molecule has 1 fully saturated rings. The summed E-state index contributed by atoms with van der Waals surface area (Å²) in [6.45, 7) is 8.89. The lowest BCUT2D eigenvalue weighted by molar-refractivity contribution is 0.601. The minimum Gasteiger partial charge on any atom is -0.353 e. The predicted molar refractivity (Wildman–Crippen MR) is 99.8 cm³/mol. The molecule has 3 aromatic rings. The molecule has 8 nitrogen and oxygen atoms in total. The fraction of sp³-hybridized carbons (Fsp3) is 0.389. The Kier molecular flexibility index (Phi) is 4.43. The molecule has 0 saturated carbocycles. The first-order chi connectivity index (χ1) is 13.0. The summed E-state index contributed by atoms with van der Waals surface area (Å²) in [4.78, 5) is 21.5. The van der Waals surface area contributed by atoms with Crippen molar-refractivity contribution in [3.05, 3.63) is 47.6 Å². The van der Waals surface area contributed by atoms with E-state index in [4.69, 9.17) is 0 Å². The highest BCUT2D eigenvalue weighted by Gasteiger charge is 2.21. The van der Waals surface area contributed by atoms with Gasteiger partial charge in [0.2, 0.25) is 5.95 Å². The fourth-order valence-electron chi connectivity index (χ4n) is 3.27. The van der Waals surface area contributed by atoms with Crippen LogP contribution in [0.25, 0.3) is 5.82 Å². The zero-order chi connectivity index (χ0) is 19.0. The Morgan fingerprint density at radius 3 is 2.11 bits per heavy atom. The number of hydrogen-bond acceptors (Lipinski definition) is 7. The Bertz CT molecular complexity index is 944. The molecular weight excluding hydrogens is 347 g/mol. The maximum atomic E-state index is 13.0. The van der Waals surface area contributed by atoms with Crippen molar-refractivity contribution in [2.24, 2.45) is 0 Å². The first kappa shape index (κ1) is 17.3. The molecule has 0 N–H and O–H groups in total. The summed E-state index contributed by atoms with van der Waals surface area (Å²) in [5.74, 6) is 2.49. The van der Waals surface area contributed by atoms with Gasteiger partial charge in [0.1, 0.15) is 11.6 Å². The van der Waals surface area contributed by atoms with Crippen LogP contribution in [0.5, 0.6) is 0 Å². The lowest BCUT2D eigenvalue weighted by Gasteiger charge is -2.35. The van der Waals surface area contributed by atoms with Crippen molar-refractivity contribution in [2.45, 2.75) is 20.8 Å². The van der Waals surface area contributed by atoms with E-state index in [-0.39, 0.29) is 0 Å². The normalized spacial score (nSPS) is 14.7. The number of aryl methyl sites for hydroxylation is 3. The first-order valence-electron chi connectivity index (χ1n) is 8.86. The van der Waals surface area contributed by atoms with Crippen LogP contribution >= 0.6 is 0 Å². The van der Waals surface area contributed by atoms with Gasteiger partial charge in [0.05, 0.1) is 18.1 Å². The van der Waals surface area contributed by atoms with Crippen LogP contribution in [0.3, 0.4) is 0 Å². The van der Waals surface area contributed by atoms with Crippen molar-refractivity contribution in [3.8, 4) is 5.82 Å². The summed E-state index contributed by atoms with van der Waals surface area (Å²) in [6.07, 6.45) is 2.40. The minimum atomic E-state index is -0.425. The molecule has 0 aliphatic carbocycles. The third-order valence-electron chi connectivity index (χ3n) is 4.53. The maximum absolute atomic E-state index is 13.0. The molecule has 1 aliphatic heterocycles. The molecule has 0 bridgehead atoms. The van der Waals surface area contributed by atoms with E-state index in [9.17, 15) is 4.39 Å². The van der Waals surface area contributed by atoms with Gasteiger partial charge in [0.25, 0.3) is 0 Å². The standard InChI is InChI=1S/C18H21FN8/c1-12-8-13(2)27(24-12)17-9-16(22-14(3)23-17)25-4-6-26(7-5-25)18-20-10-15(19)11-21-18/h8-11H,4-7H2,1-3H3. The third-order valence-corrected chi connectivity index (χ3v) is 4.53. The van der Waals surface area contributed by atoms with Crippen molar-refractivity contribution < 1.29 is 4.39 Å². The molecule has 1 aliphatic rings. The van der Waals surface area contributed by atoms with E-state index in [0.717, 1.165) is 49.2 Å². The highest BCUT2D eigenvalue weighted by molar-refractivity contribution is 5.47. The number of halogens is 1. The summed E-state index contributed by atoms with van der Waals surface area (Å²) in [5.41, 5.74) is 1.99. The monoisotopic (exact) mass is 368 g/mol. The lowest BCUT2D eigenvalue weighted by atomic mass is 10.3. The Morgan fingerprint density at radius 2 is 1.48 bits per heavy atom. The summed E-state index contributed by atoms with van der Waals surface area (Å²) >= 11 is 0. The Balaban J connectivity index is 1.53. The Morgan fingerprint density at radius 1 is 0.852 bits per heavy atom. The van der Waals surface area contributed by atoms with Gasteiger partial charge in [-0.15, -0.1) is 0 Å². The van der Waals surface area contributed by atoms with E-state index in [1.165, 1.54) is 12.4 Å². The van der Waals surface area contributed by atoms with Crippen LogP contribution in [-0.2, 0) is 0 Å². The fourth-order valence-corrected chi connectivity index (χ4v) is 3.27. The van der Waals surface area contributed by atoms with E-state index in [1.807, 2.05) is 42.5 Å². The zero-order valence-electron chi connectivity index (χ0n) is 15.6. The number of rotatable bonds is 3. The molecule has 27 heavy (non-hydrogen) atoms. The minimum absolute atomic E-state index is 0.425. The third kappa shape index (κ3) is 3.57. The molecule has 0 unspecified atom stereocenters. The molecule has 0 spiro atoms. The SMILES string of the molecule is Cc1cc(C)n(-c2cc(N3CCN(c4ncc(F)cn4)CC3)nc(C)n2)n1. The number of aromatic nitrogens is 6. The summed E-state index contributed by atoms with van der Waals surface area (Å²) in [7, 11) is 0. The molecule has 0 atom stereocenters. The van der Waals surface area contributed by atoms with Crippen molar-refractivity contribution in [1.29, 1.82) is 0 Å². The number of hydrogen-bond donors (Lipinski definition) is 0. The maximum Gasteiger partial charge on any atom is 0.225 e. The van der Waals surface area contributed by atoms with Crippen molar-refractivity contribution in [1.82, 2.24) is 29.7 Å². The summed E-state index contributed by atoms with van der Waals surface area (Å²) in [5, 5.41) is 4.52. The average Bonchev–Trinajstić information content (AvgIpc) is 3.00. The molecule has 9 heteroatoms. The van der Waals surface area contributed by atoms with Gasteiger partial charge in [0.15, 0.2) is 11.6 Å². The second-order valence-corrected chi connectivity index (χ2v) is 6.65. The van der Waals surface area contributed by atoms with Gasteiger partial charge in [-0.25, -0.2) is 29.0 Å². The van der Waals surface area contributed by atoms with E-state index in [0.29, 0.717) is 11.8 Å². The largest absolute Gasteiger partial charge is 0.353 e. The first-order valence-corrected chi connectivity index (χ1v) is 8.86. The van der Waals surface area contributed by atoms with E-state index >= 15 is 0 Å². The Hall–Kier alpha value is -3.10. The van der Waals surface area contributed by atoms with E-state index in [1.54, 1.807) is 0 Å². The molecule has 0 amide bonds. The van der Waals surface area contributed by atoms with Gasteiger partial charge in [-0.05, 0) is 26.8 Å². The van der Waals surface area contributed by atoms with Crippen LogP contribution in [0.4, 0.5) is 16.2 Å². The second kappa shape index (κ2) is 6.90. The van der Waals surface area contributed by atoms with Gasteiger partial charge >= 0.3 is 0 Å². The van der Waals surface area contributed by atoms with Gasteiger partial charge < -0.3 is 9.80 Å². The van der Waals surface area contributed by atoms with Crippen molar-refractivity contribution in [2.75, 3.05) is 36.0 Å². The molecule has 4 rings (SSSR count). The zero-order valence-corrected chi connectivity index (χ0v) is 15.6. The smallest absolute Gasteiger partial charge is 0.225 e. The van der Waals surface area contributed by atoms with Crippen LogP contribution in [0.1, 0.15) is 17.2 Å². The van der Waals surface area contributed by atoms with E-state index in [2.05, 4.69) is 29.9 Å². The van der Waals surface area contributed by atoms with Crippen LogP contribution in [0, 0.1) is 26.6 Å². The summed E-state index contributed by atoms with van der Waals surface area (Å²) in [6, 6.07) is 4.00. The molecule has 140 valence electrons. The highest BCUT2D eigenvalue weighted by Crippen LogP contribution is 2.20. The van der Waals surface area contributed by atoms with Gasteiger partial charge in [-0.1, -0.05) is 0 Å². The molecule has 3 aromatic heterocycles. The predicted octanol–water partition coefficient (Wildman–Crippen LogP) is 1.84. The van der Waals surface area contributed by atoms with Gasteiger partial charge in [0, 0.05) is 37.9 Å². The molecule has 1 saturated heterocycles. The van der Waals surface area contributed by atoms with Crippen molar-refractivity contribution in [3.63, 3.8) is 0 Å². The quantitative estimate of drug-likeness (QED) is 0.698. The average molecular weight is 368 g/mol. The Labute approximate surface area is 156 Å². The molecular formula is C18H21FN8. The number of nitrogens with zero attached hydrogens (tertiary/aromatic N) is 8. The highest BCUT2D eigenvalue weighted by atomic mass is 19.1. The second-order valence-electron chi connectivity index (χ2n) is 6.65. The molecule has 4 heterocycles. The van der Waals surface area contributed by atoms with Crippen LogP contribution in [0.15, 0.2) is 24.5 Å². The van der Waals surface area contributed by atoms with Crippen LogP contribution in [0.2, 0.25) is 0 Å². The molecule has 0 radical (unpaired) electrons.